The quantitative estimate of drug-likeness (QED) is 0.855. The highest BCUT2D eigenvalue weighted by molar-refractivity contribution is 7.18. The van der Waals surface area contributed by atoms with Gasteiger partial charge in [0, 0.05) is 25.0 Å². The van der Waals surface area contributed by atoms with Crippen LogP contribution in [0.4, 0.5) is 9.80 Å². The van der Waals surface area contributed by atoms with Crippen molar-refractivity contribution in [2.45, 2.75) is 25.4 Å². The maximum atomic E-state index is 12.5. The Kier molecular flexibility index (Phi) is 4.57. The van der Waals surface area contributed by atoms with Gasteiger partial charge in [-0.1, -0.05) is 0 Å². The fourth-order valence-corrected chi connectivity index (χ4v) is 3.04. The smallest absolute Gasteiger partial charge is 0.348 e. The van der Waals surface area contributed by atoms with Crippen LogP contribution in [-0.2, 0) is 11.3 Å². The number of hydrogen-bond donors (Lipinski definition) is 1. The molecule has 0 aromatic carbocycles. The largest absolute Gasteiger partial charge is 0.465 e. The summed E-state index contributed by atoms with van der Waals surface area (Å²) in [7, 11) is 1.34. The van der Waals surface area contributed by atoms with Gasteiger partial charge in [0.05, 0.1) is 12.1 Å². The van der Waals surface area contributed by atoms with Crippen LogP contribution < -0.4 is 5.32 Å². The number of thiophene rings is 1. The third kappa shape index (κ3) is 3.87. The van der Waals surface area contributed by atoms with Crippen LogP contribution in [-0.4, -0.2) is 35.0 Å². The van der Waals surface area contributed by atoms with E-state index in [0.29, 0.717) is 16.4 Å². The fourth-order valence-electron chi connectivity index (χ4n) is 2.23. The van der Waals surface area contributed by atoms with E-state index in [0.717, 1.165) is 18.4 Å². The number of ether oxygens (including phenoxy) is 1. The summed E-state index contributed by atoms with van der Waals surface area (Å²) in [4.78, 5) is 30.3. The summed E-state index contributed by atoms with van der Waals surface area (Å²) in [5.41, 5.74) is 1.04. The Morgan fingerprint density at radius 2 is 2.04 bits per heavy atom. The summed E-state index contributed by atoms with van der Waals surface area (Å²) in [6, 6.07) is 7.31. The normalized spacial score (nSPS) is 13.4. The molecule has 1 aliphatic rings. The second-order valence-corrected chi connectivity index (χ2v) is 6.38. The Morgan fingerprint density at radius 3 is 2.70 bits per heavy atom. The number of anilines is 1. The summed E-state index contributed by atoms with van der Waals surface area (Å²) < 4.78 is 4.67. The average Bonchev–Trinajstić information content (AvgIpc) is 3.31. The van der Waals surface area contributed by atoms with E-state index in [1.807, 2.05) is 17.0 Å². The minimum atomic E-state index is -0.397. The van der Waals surface area contributed by atoms with Gasteiger partial charge in [0.25, 0.3) is 0 Å². The van der Waals surface area contributed by atoms with Crippen LogP contribution >= 0.6 is 11.3 Å². The highest BCUT2D eigenvalue weighted by atomic mass is 32.1. The molecule has 3 rings (SSSR count). The van der Waals surface area contributed by atoms with Crippen molar-refractivity contribution < 1.29 is 14.3 Å². The minimum absolute atomic E-state index is 0.150. The van der Waals surface area contributed by atoms with Crippen molar-refractivity contribution in [2.75, 3.05) is 12.4 Å². The number of rotatable bonds is 5. The molecule has 0 radical (unpaired) electrons. The highest BCUT2D eigenvalue weighted by Gasteiger charge is 2.32. The van der Waals surface area contributed by atoms with Crippen molar-refractivity contribution in [1.29, 1.82) is 0 Å². The van der Waals surface area contributed by atoms with Gasteiger partial charge in [0.2, 0.25) is 0 Å². The number of pyridine rings is 1. The Labute approximate surface area is 138 Å². The molecule has 0 unspecified atom stereocenters. The number of carbonyl (C=O) groups excluding carboxylic acids is 2. The first-order chi connectivity index (χ1) is 11.2. The van der Waals surface area contributed by atoms with Crippen LogP contribution in [0.25, 0.3) is 0 Å². The molecule has 2 heterocycles. The zero-order chi connectivity index (χ0) is 16.2. The van der Waals surface area contributed by atoms with Gasteiger partial charge in [-0.3, -0.25) is 10.3 Å². The molecular weight excluding hydrogens is 314 g/mol. The molecule has 0 aliphatic heterocycles. The van der Waals surface area contributed by atoms with Crippen molar-refractivity contribution in [2.24, 2.45) is 0 Å². The van der Waals surface area contributed by atoms with E-state index in [4.69, 9.17) is 0 Å². The number of nitrogens with zero attached hydrogens (tertiary/aromatic N) is 2. The van der Waals surface area contributed by atoms with Crippen molar-refractivity contribution in [3.8, 4) is 0 Å². The standard InChI is InChI=1S/C16H17N3O3S/c1-22-15(20)13-4-5-14(23-13)18-16(21)19(12-2-3-12)10-11-6-8-17-9-7-11/h4-9,12H,2-3,10H2,1H3,(H,18,21). The first-order valence-corrected chi connectivity index (χ1v) is 8.13. The molecule has 1 N–H and O–H groups in total. The molecule has 23 heavy (non-hydrogen) atoms. The fraction of sp³-hybridized carbons (Fsp3) is 0.312. The topological polar surface area (TPSA) is 71.5 Å². The van der Waals surface area contributed by atoms with E-state index >= 15 is 0 Å². The molecule has 2 amide bonds. The number of amides is 2. The summed E-state index contributed by atoms with van der Waals surface area (Å²) in [5.74, 6) is -0.397. The monoisotopic (exact) mass is 331 g/mol. The Morgan fingerprint density at radius 1 is 1.30 bits per heavy atom. The van der Waals surface area contributed by atoms with Gasteiger partial charge in [-0.2, -0.15) is 0 Å². The van der Waals surface area contributed by atoms with Gasteiger partial charge < -0.3 is 9.64 Å². The highest BCUT2D eigenvalue weighted by Crippen LogP contribution is 2.30. The molecule has 0 spiro atoms. The van der Waals surface area contributed by atoms with Crippen LogP contribution in [0, 0.1) is 0 Å². The van der Waals surface area contributed by atoms with Crippen LogP contribution in [0.15, 0.2) is 36.7 Å². The van der Waals surface area contributed by atoms with Crippen LogP contribution in [0.5, 0.6) is 0 Å². The van der Waals surface area contributed by atoms with Gasteiger partial charge in [-0.25, -0.2) is 9.59 Å². The number of aromatic nitrogens is 1. The lowest BCUT2D eigenvalue weighted by Crippen LogP contribution is -2.36. The average molecular weight is 331 g/mol. The first kappa shape index (κ1) is 15.5. The molecule has 0 bridgehead atoms. The maximum absolute atomic E-state index is 12.5. The first-order valence-electron chi connectivity index (χ1n) is 7.32. The second-order valence-electron chi connectivity index (χ2n) is 5.30. The van der Waals surface area contributed by atoms with Crippen LogP contribution in [0.3, 0.4) is 0 Å². The second kappa shape index (κ2) is 6.78. The van der Waals surface area contributed by atoms with Crippen molar-refractivity contribution in [1.82, 2.24) is 9.88 Å². The van der Waals surface area contributed by atoms with Gasteiger partial charge in [0.15, 0.2) is 0 Å². The number of hydrogen-bond acceptors (Lipinski definition) is 5. The van der Waals surface area contributed by atoms with E-state index in [9.17, 15) is 9.59 Å². The van der Waals surface area contributed by atoms with E-state index in [1.54, 1.807) is 24.5 Å². The van der Waals surface area contributed by atoms with Gasteiger partial charge in [-0.05, 0) is 42.7 Å². The van der Waals surface area contributed by atoms with Crippen molar-refractivity contribution >= 4 is 28.3 Å². The predicted molar refractivity (Wildman–Crippen MR) is 87.5 cm³/mol. The number of carbonyl (C=O) groups is 2. The molecule has 120 valence electrons. The maximum Gasteiger partial charge on any atom is 0.348 e. The lowest BCUT2D eigenvalue weighted by atomic mass is 10.2. The van der Waals surface area contributed by atoms with Gasteiger partial charge >= 0.3 is 12.0 Å². The Balaban J connectivity index is 1.67. The predicted octanol–water partition coefficient (Wildman–Crippen LogP) is 3.13. The molecule has 0 atom stereocenters. The molecule has 2 aromatic rings. The van der Waals surface area contributed by atoms with E-state index in [-0.39, 0.29) is 12.1 Å². The zero-order valence-electron chi connectivity index (χ0n) is 12.7. The molecule has 1 saturated carbocycles. The third-order valence-electron chi connectivity index (χ3n) is 3.57. The summed E-state index contributed by atoms with van der Waals surface area (Å²) in [6.07, 6.45) is 5.49. The number of urea groups is 1. The third-order valence-corrected chi connectivity index (χ3v) is 4.55. The SMILES string of the molecule is COC(=O)c1ccc(NC(=O)N(Cc2ccncc2)C2CC2)s1. The molecule has 0 saturated heterocycles. The van der Waals surface area contributed by atoms with E-state index in [2.05, 4.69) is 15.0 Å². The summed E-state index contributed by atoms with van der Waals surface area (Å²) in [6.45, 7) is 0.550. The molecule has 2 aromatic heterocycles. The molecule has 6 nitrogen and oxygen atoms in total. The number of methoxy groups -OCH3 is 1. The van der Waals surface area contributed by atoms with Crippen molar-refractivity contribution in [3.05, 3.63) is 47.1 Å². The lowest BCUT2D eigenvalue weighted by molar-refractivity contribution is 0.0606. The van der Waals surface area contributed by atoms with Crippen LogP contribution in [0.1, 0.15) is 28.1 Å². The van der Waals surface area contributed by atoms with Gasteiger partial charge in [-0.15, -0.1) is 11.3 Å². The van der Waals surface area contributed by atoms with Crippen molar-refractivity contribution in [3.63, 3.8) is 0 Å². The van der Waals surface area contributed by atoms with Gasteiger partial charge in [0.1, 0.15) is 4.88 Å². The molecule has 7 heteroatoms. The molecule has 1 fully saturated rings. The minimum Gasteiger partial charge on any atom is -0.465 e. The number of nitrogens with one attached hydrogen (secondary N) is 1. The van der Waals surface area contributed by atoms with E-state index in [1.165, 1.54) is 18.4 Å². The summed E-state index contributed by atoms with van der Waals surface area (Å²) >= 11 is 1.21. The Bertz CT molecular complexity index is 698. The number of esters is 1. The lowest BCUT2D eigenvalue weighted by Gasteiger charge is -2.22. The molecule has 1 aliphatic carbocycles. The van der Waals surface area contributed by atoms with Crippen LogP contribution in [0.2, 0.25) is 0 Å². The summed E-state index contributed by atoms with van der Waals surface area (Å²) in [5, 5.41) is 3.50. The van der Waals surface area contributed by atoms with E-state index < -0.39 is 5.97 Å². The molecular formula is C16H17N3O3S. The zero-order valence-corrected chi connectivity index (χ0v) is 13.5. The Hall–Kier alpha value is -2.41.